The van der Waals surface area contributed by atoms with Gasteiger partial charge in [-0.25, -0.2) is 4.98 Å². The van der Waals surface area contributed by atoms with Crippen molar-refractivity contribution in [3.63, 3.8) is 0 Å². The number of rotatable bonds is 5. The summed E-state index contributed by atoms with van der Waals surface area (Å²) in [6.45, 7) is 1.25. The Bertz CT molecular complexity index is 615. The predicted molar refractivity (Wildman–Crippen MR) is 80.6 cm³/mol. The molecule has 0 saturated heterocycles. The Morgan fingerprint density at radius 1 is 1.32 bits per heavy atom. The topological polar surface area (TPSA) is 45.1 Å². The molecule has 3 aromatic rings. The fourth-order valence-electron chi connectivity index (χ4n) is 1.93. The van der Waals surface area contributed by atoms with Gasteiger partial charge in [0.25, 0.3) is 0 Å². The molecule has 1 unspecified atom stereocenters. The number of thiazole rings is 1. The van der Waals surface area contributed by atoms with Gasteiger partial charge in [0, 0.05) is 28.0 Å². The van der Waals surface area contributed by atoms with E-state index in [1.54, 1.807) is 22.7 Å². The lowest BCUT2D eigenvalue weighted by Gasteiger charge is -2.08. The number of nitrogens with one attached hydrogen (secondary N) is 1. The van der Waals surface area contributed by atoms with Crippen LogP contribution in [0.2, 0.25) is 0 Å². The van der Waals surface area contributed by atoms with E-state index in [-0.39, 0.29) is 0 Å². The maximum atomic E-state index is 10.2. The molecule has 1 atom stereocenters. The fraction of sp³-hybridized carbons (Fsp3) is 0.214. The highest BCUT2D eigenvalue weighted by atomic mass is 32.1. The molecule has 0 amide bonds. The van der Waals surface area contributed by atoms with E-state index < -0.39 is 6.10 Å². The van der Waals surface area contributed by atoms with Gasteiger partial charge in [-0.15, -0.1) is 22.7 Å². The van der Waals surface area contributed by atoms with Crippen LogP contribution in [0.15, 0.2) is 41.2 Å². The van der Waals surface area contributed by atoms with Crippen molar-refractivity contribution in [3.05, 3.63) is 51.8 Å². The second-order valence-corrected chi connectivity index (χ2v) is 6.15. The molecular formula is C14H14N2OS2. The van der Waals surface area contributed by atoms with E-state index in [1.165, 1.54) is 10.1 Å². The lowest BCUT2D eigenvalue weighted by molar-refractivity contribution is 0.178. The minimum Gasteiger partial charge on any atom is -0.386 e. The monoisotopic (exact) mass is 290 g/mol. The average Bonchev–Trinajstić information content (AvgIpc) is 3.07. The van der Waals surface area contributed by atoms with Crippen molar-refractivity contribution < 1.29 is 5.11 Å². The van der Waals surface area contributed by atoms with Crippen LogP contribution in [0.1, 0.15) is 16.7 Å². The van der Waals surface area contributed by atoms with Gasteiger partial charge < -0.3 is 10.4 Å². The first-order chi connectivity index (χ1) is 9.33. The smallest absolute Gasteiger partial charge is 0.101 e. The number of fused-ring (bicyclic) bond motifs is 1. The number of hydrogen-bond donors (Lipinski definition) is 2. The minimum absolute atomic E-state index is 0.462. The standard InChI is InChI=1S/C14H14N2OS2/c17-12(7-15-6-11-8-18-9-16-11)14-5-10-3-1-2-4-13(10)19-14/h1-5,8-9,12,15,17H,6-7H2. The van der Waals surface area contributed by atoms with Gasteiger partial charge in [-0.2, -0.15) is 0 Å². The zero-order chi connectivity index (χ0) is 13.1. The summed E-state index contributed by atoms with van der Waals surface area (Å²) in [6.07, 6.45) is -0.462. The van der Waals surface area contributed by atoms with Gasteiger partial charge in [0.15, 0.2) is 0 Å². The summed E-state index contributed by atoms with van der Waals surface area (Å²) >= 11 is 3.24. The van der Waals surface area contributed by atoms with Crippen LogP contribution >= 0.6 is 22.7 Å². The lowest BCUT2D eigenvalue weighted by atomic mass is 10.2. The van der Waals surface area contributed by atoms with Crippen molar-refractivity contribution >= 4 is 32.8 Å². The molecule has 0 aliphatic heterocycles. The van der Waals surface area contributed by atoms with Gasteiger partial charge in [0.1, 0.15) is 6.10 Å². The third-order valence-corrected chi connectivity index (χ3v) is 4.75. The Balaban J connectivity index is 1.61. The first-order valence-electron chi connectivity index (χ1n) is 6.07. The summed E-state index contributed by atoms with van der Waals surface area (Å²) in [7, 11) is 0. The van der Waals surface area contributed by atoms with E-state index in [0.29, 0.717) is 13.1 Å². The van der Waals surface area contributed by atoms with Crippen LogP contribution in [0.5, 0.6) is 0 Å². The van der Waals surface area contributed by atoms with Gasteiger partial charge in [-0.1, -0.05) is 18.2 Å². The van der Waals surface area contributed by atoms with E-state index in [9.17, 15) is 5.11 Å². The summed E-state index contributed by atoms with van der Waals surface area (Å²) in [6, 6.07) is 10.3. The van der Waals surface area contributed by atoms with Crippen molar-refractivity contribution in [1.29, 1.82) is 0 Å². The van der Waals surface area contributed by atoms with Crippen LogP contribution < -0.4 is 5.32 Å². The molecule has 0 aliphatic rings. The molecule has 0 radical (unpaired) electrons. The summed E-state index contributed by atoms with van der Waals surface area (Å²) < 4.78 is 1.22. The van der Waals surface area contributed by atoms with Crippen LogP contribution in [-0.2, 0) is 6.54 Å². The van der Waals surface area contributed by atoms with E-state index in [1.807, 2.05) is 23.0 Å². The Morgan fingerprint density at radius 3 is 3.00 bits per heavy atom. The molecule has 3 rings (SSSR count). The number of hydrogen-bond acceptors (Lipinski definition) is 5. The van der Waals surface area contributed by atoms with Crippen molar-refractivity contribution in [1.82, 2.24) is 10.3 Å². The Hall–Kier alpha value is -1.27. The largest absolute Gasteiger partial charge is 0.386 e. The van der Waals surface area contributed by atoms with Crippen LogP contribution in [0.4, 0.5) is 0 Å². The van der Waals surface area contributed by atoms with Crippen molar-refractivity contribution in [2.75, 3.05) is 6.54 Å². The summed E-state index contributed by atoms with van der Waals surface area (Å²) in [4.78, 5) is 5.20. The number of nitrogens with zero attached hydrogens (tertiary/aromatic N) is 1. The molecule has 0 saturated carbocycles. The van der Waals surface area contributed by atoms with E-state index in [4.69, 9.17) is 0 Å². The third-order valence-electron chi connectivity index (χ3n) is 2.90. The van der Waals surface area contributed by atoms with Crippen LogP contribution in [-0.4, -0.2) is 16.6 Å². The zero-order valence-electron chi connectivity index (χ0n) is 10.2. The van der Waals surface area contributed by atoms with Crippen LogP contribution in [0, 0.1) is 0 Å². The first kappa shape index (κ1) is 12.7. The molecule has 0 spiro atoms. The van der Waals surface area contributed by atoms with Gasteiger partial charge >= 0.3 is 0 Å². The van der Waals surface area contributed by atoms with Crippen molar-refractivity contribution in [2.45, 2.75) is 12.6 Å². The highest BCUT2D eigenvalue weighted by Crippen LogP contribution is 2.29. The maximum Gasteiger partial charge on any atom is 0.101 e. The van der Waals surface area contributed by atoms with Crippen molar-refractivity contribution in [3.8, 4) is 0 Å². The van der Waals surface area contributed by atoms with Gasteiger partial charge in [-0.05, 0) is 17.5 Å². The number of aliphatic hydroxyl groups excluding tert-OH is 1. The summed E-state index contributed by atoms with van der Waals surface area (Å²) in [5, 5.41) is 16.6. The molecule has 98 valence electrons. The Morgan fingerprint density at radius 2 is 2.21 bits per heavy atom. The zero-order valence-corrected chi connectivity index (χ0v) is 11.9. The van der Waals surface area contributed by atoms with Gasteiger partial charge in [0.2, 0.25) is 0 Å². The number of thiophene rings is 1. The third kappa shape index (κ3) is 3.01. The van der Waals surface area contributed by atoms with E-state index >= 15 is 0 Å². The normalized spacial score (nSPS) is 12.9. The quantitative estimate of drug-likeness (QED) is 0.758. The molecule has 2 N–H and O–H groups in total. The summed E-state index contributed by atoms with van der Waals surface area (Å²) in [5.74, 6) is 0. The Kier molecular flexibility index (Phi) is 3.89. The Labute approximate surface area is 119 Å². The molecule has 2 heterocycles. The molecule has 3 nitrogen and oxygen atoms in total. The molecule has 0 fully saturated rings. The molecule has 5 heteroatoms. The molecule has 2 aromatic heterocycles. The highest BCUT2D eigenvalue weighted by molar-refractivity contribution is 7.19. The first-order valence-corrected chi connectivity index (χ1v) is 7.83. The van der Waals surface area contributed by atoms with E-state index in [2.05, 4.69) is 28.5 Å². The highest BCUT2D eigenvalue weighted by Gasteiger charge is 2.11. The number of aliphatic hydroxyl groups is 1. The van der Waals surface area contributed by atoms with Gasteiger partial charge in [0.05, 0.1) is 11.2 Å². The van der Waals surface area contributed by atoms with Crippen molar-refractivity contribution in [2.24, 2.45) is 0 Å². The molecule has 0 aliphatic carbocycles. The molecule has 19 heavy (non-hydrogen) atoms. The number of aromatic nitrogens is 1. The lowest BCUT2D eigenvalue weighted by Crippen LogP contribution is -2.20. The molecular weight excluding hydrogens is 276 g/mol. The SMILES string of the molecule is OC(CNCc1cscn1)c1cc2ccccc2s1. The predicted octanol–water partition coefficient (Wildman–Crippen LogP) is 3.18. The summed E-state index contributed by atoms with van der Waals surface area (Å²) in [5.41, 5.74) is 2.84. The van der Waals surface area contributed by atoms with E-state index in [0.717, 1.165) is 10.6 Å². The number of benzene rings is 1. The minimum atomic E-state index is -0.462. The second kappa shape index (κ2) is 5.79. The molecule has 1 aromatic carbocycles. The van der Waals surface area contributed by atoms with Gasteiger partial charge in [-0.3, -0.25) is 0 Å². The average molecular weight is 290 g/mol. The maximum absolute atomic E-state index is 10.2. The van der Waals surface area contributed by atoms with Crippen LogP contribution in [0.25, 0.3) is 10.1 Å². The van der Waals surface area contributed by atoms with Crippen LogP contribution in [0.3, 0.4) is 0 Å². The molecule has 0 bridgehead atoms. The fourth-order valence-corrected chi connectivity index (χ4v) is 3.54. The second-order valence-electron chi connectivity index (χ2n) is 4.31.